The molecular formula is C14H8Cl2N2O. The van der Waals surface area contributed by atoms with E-state index in [9.17, 15) is 0 Å². The number of nitrogens with zero attached hydrogens (tertiary/aromatic N) is 2. The lowest BCUT2D eigenvalue weighted by Crippen LogP contribution is -1.80. The Balaban J connectivity index is 1.95. The van der Waals surface area contributed by atoms with E-state index in [0.717, 1.165) is 11.1 Å². The molecule has 3 rings (SSSR count). The number of hydrogen-bond acceptors (Lipinski definition) is 3. The summed E-state index contributed by atoms with van der Waals surface area (Å²) >= 11 is 11.7. The van der Waals surface area contributed by atoms with Crippen molar-refractivity contribution in [1.29, 1.82) is 0 Å². The minimum atomic E-state index is 0.460. The summed E-state index contributed by atoms with van der Waals surface area (Å²) in [5.41, 5.74) is 1.69. The molecule has 5 heteroatoms. The highest BCUT2D eigenvalue weighted by atomic mass is 35.5. The number of hydrogen-bond donors (Lipinski definition) is 0. The quantitative estimate of drug-likeness (QED) is 0.686. The Labute approximate surface area is 119 Å². The Morgan fingerprint density at radius 1 is 0.737 bits per heavy atom. The molecule has 94 valence electrons. The lowest BCUT2D eigenvalue weighted by molar-refractivity contribution is 0.432. The number of aromatic nitrogens is 2. The zero-order valence-electron chi connectivity index (χ0n) is 9.68. The number of benzene rings is 2. The highest BCUT2D eigenvalue weighted by molar-refractivity contribution is 6.30. The predicted molar refractivity (Wildman–Crippen MR) is 75.2 cm³/mol. The van der Waals surface area contributed by atoms with E-state index in [2.05, 4.69) is 10.1 Å². The normalized spacial score (nSPS) is 10.6. The topological polar surface area (TPSA) is 38.9 Å². The fourth-order valence-corrected chi connectivity index (χ4v) is 1.90. The van der Waals surface area contributed by atoms with Crippen LogP contribution in [0.3, 0.4) is 0 Å². The second-order valence-electron chi connectivity index (χ2n) is 3.94. The zero-order valence-corrected chi connectivity index (χ0v) is 11.2. The molecule has 3 nitrogen and oxygen atoms in total. The van der Waals surface area contributed by atoms with Crippen LogP contribution in [0.5, 0.6) is 0 Å². The summed E-state index contributed by atoms with van der Waals surface area (Å²) in [5, 5.41) is 5.29. The van der Waals surface area contributed by atoms with E-state index >= 15 is 0 Å². The first-order valence-corrected chi connectivity index (χ1v) is 6.33. The van der Waals surface area contributed by atoms with Crippen molar-refractivity contribution in [1.82, 2.24) is 10.1 Å². The van der Waals surface area contributed by atoms with E-state index in [1.807, 2.05) is 24.3 Å². The van der Waals surface area contributed by atoms with E-state index in [-0.39, 0.29) is 0 Å². The molecule has 0 unspecified atom stereocenters. The first kappa shape index (κ1) is 12.2. The van der Waals surface area contributed by atoms with Crippen LogP contribution in [0, 0.1) is 0 Å². The van der Waals surface area contributed by atoms with Crippen LogP contribution in [0.2, 0.25) is 10.0 Å². The standard InChI is InChI=1S/C14H8Cl2N2O/c15-11-5-1-9(2-6-11)13-17-14(19-18-13)10-3-7-12(16)8-4-10/h1-8H. The van der Waals surface area contributed by atoms with Crippen molar-refractivity contribution >= 4 is 23.2 Å². The van der Waals surface area contributed by atoms with Crippen molar-refractivity contribution in [3.8, 4) is 22.8 Å². The van der Waals surface area contributed by atoms with E-state index in [4.69, 9.17) is 27.7 Å². The van der Waals surface area contributed by atoms with Gasteiger partial charge in [-0.3, -0.25) is 0 Å². The average molecular weight is 291 g/mol. The van der Waals surface area contributed by atoms with Crippen LogP contribution in [0.1, 0.15) is 0 Å². The Kier molecular flexibility index (Phi) is 3.23. The fraction of sp³-hybridized carbons (Fsp3) is 0. The Morgan fingerprint density at radius 2 is 1.26 bits per heavy atom. The third-order valence-electron chi connectivity index (χ3n) is 2.62. The van der Waals surface area contributed by atoms with Crippen LogP contribution in [-0.2, 0) is 0 Å². The summed E-state index contributed by atoms with van der Waals surface area (Å²) in [5.74, 6) is 0.989. The van der Waals surface area contributed by atoms with E-state index < -0.39 is 0 Å². The van der Waals surface area contributed by atoms with Crippen LogP contribution >= 0.6 is 23.2 Å². The minimum Gasteiger partial charge on any atom is -0.334 e. The monoisotopic (exact) mass is 290 g/mol. The second kappa shape index (κ2) is 5.03. The first-order chi connectivity index (χ1) is 9.22. The lowest BCUT2D eigenvalue weighted by Gasteiger charge is -1.94. The largest absolute Gasteiger partial charge is 0.334 e. The molecule has 0 aliphatic heterocycles. The van der Waals surface area contributed by atoms with Crippen molar-refractivity contribution in [2.45, 2.75) is 0 Å². The third kappa shape index (κ3) is 2.62. The maximum atomic E-state index is 5.84. The first-order valence-electron chi connectivity index (χ1n) is 5.58. The van der Waals surface area contributed by atoms with Gasteiger partial charge in [-0.15, -0.1) is 0 Å². The van der Waals surface area contributed by atoms with E-state index in [1.165, 1.54) is 0 Å². The minimum absolute atomic E-state index is 0.460. The molecule has 0 fully saturated rings. The molecule has 0 radical (unpaired) electrons. The van der Waals surface area contributed by atoms with Gasteiger partial charge >= 0.3 is 0 Å². The molecule has 3 aromatic rings. The van der Waals surface area contributed by atoms with Crippen molar-refractivity contribution in [3.05, 3.63) is 58.6 Å². The van der Waals surface area contributed by atoms with Crippen LogP contribution < -0.4 is 0 Å². The van der Waals surface area contributed by atoms with Crippen molar-refractivity contribution in [2.24, 2.45) is 0 Å². The van der Waals surface area contributed by atoms with Crippen LogP contribution in [0.4, 0.5) is 0 Å². The Bertz CT molecular complexity index is 630. The van der Waals surface area contributed by atoms with Gasteiger partial charge in [-0.25, -0.2) is 0 Å². The number of rotatable bonds is 2. The van der Waals surface area contributed by atoms with Gasteiger partial charge in [0.15, 0.2) is 0 Å². The summed E-state index contributed by atoms with van der Waals surface area (Å²) < 4.78 is 5.24. The predicted octanol–water partition coefficient (Wildman–Crippen LogP) is 4.71. The van der Waals surface area contributed by atoms with Gasteiger partial charge < -0.3 is 4.52 Å². The van der Waals surface area contributed by atoms with Crippen molar-refractivity contribution < 1.29 is 4.52 Å². The van der Waals surface area contributed by atoms with Gasteiger partial charge in [-0.05, 0) is 48.5 Å². The summed E-state index contributed by atoms with van der Waals surface area (Å²) in [4.78, 5) is 4.35. The summed E-state index contributed by atoms with van der Waals surface area (Å²) in [7, 11) is 0. The molecule has 0 saturated carbocycles. The van der Waals surface area contributed by atoms with Gasteiger partial charge in [-0.2, -0.15) is 4.98 Å². The van der Waals surface area contributed by atoms with E-state index in [0.29, 0.717) is 21.8 Å². The highest BCUT2D eigenvalue weighted by Gasteiger charge is 2.10. The van der Waals surface area contributed by atoms with Crippen LogP contribution in [-0.4, -0.2) is 10.1 Å². The SMILES string of the molecule is Clc1ccc(-c2noc(-c3ccc(Cl)cc3)n2)cc1. The van der Waals surface area contributed by atoms with Crippen LogP contribution in [0.25, 0.3) is 22.8 Å². The van der Waals surface area contributed by atoms with Gasteiger partial charge in [0.25, 0.3) is 5.89 Å². The molecule has 0 amide bonds. The van der Waals surface area contributed by atoms with Gasteiger partial charge in [0.1, 0.15) is 0 Å². The second-order valence-corrected chi connectivity index (χ2v) is 4.81. The molecule has 1 aromatic heterocycles. The van der Waals surface area contributed by atoms with Gasteiger partial charge in [0.2, 0.25) is 5.82 Å². The lowest BCUT2D eigenvalue weighted by atomic mass is 10.2. The zero-order chi connectivity index (χ0) is 13.2. The van der Waals surface area contributed by atoms with Crippen molar-refractivity contribution in [3.63, 3.8) is 0 Å². The molecule has 1 heterocycles. The molecule has 19 heavy (non-hydrogen) atoms. The Hall–Kier alpha value is -1.84. The molecule has 0 spiro atoms. The molecule has 0 N–H and O–H groups in total. The smallest absolute Gasteiger partial charge is 0.258 e. The molecular weight excluding hydrogens is 283 g/mol. The van der Waals surface area contributed by atoms with Crippen molar-refractivity contribution in [2.75, 3.05) is 0 Å². The summed E-state index contributed by atoms with van der Waals surface area (Å²) in [6, 6.07) is 14.5. The molecule has 0 saturated heterocycles. The maximum absolute atomic E-state index is 5.84. The fourth-order valence-electron chi connectivity index (χ4n) is 1.65. The van der Waals surface area contributed by atoms with Gasteiger partial charge in [-0.1, -0.05) is 28.4 Å². The molecule has 2 aromatic carbocycles. The molecule has 0 aliphatic rings. The summed E-state index contributed by atoms with van der Waals surface area (Å²) in [6.45, 7) is 0. The molecule has 0 atom stereocenters. The molecule has 0 bridgehead atoms. The average Bonchev–Trinajstić information content (AvgIpc) is 2.90. The van der Waals surface area contributed by atoms with Crippen LogP contribution in [0.15, 0.2) is 53.1 Å². The maximum Gasteiger partial charge on any atom is 0.258 e. The number of halogens is 2. The van der Waals surface area contributed by atoms with Gasteiger partial charge in [0, 0.05) is 21.2 Å². The highest BCUT2D eigenvalue weighted by Crippen LogP contribution is 2.24. The van der Waals surface area contributed by atoms with E-state index in [1.54, 1.807) is 24.3 Å². The van der Waals surface area contributed by atoms with Gasteiger partial charge in [0.05, 0.1) is 0 Å². The summed E-state index contributed by atoms with van der Waals surface area (Å²) in [6.07, 6.45) is 0. The third-order valence-corrected chi connectivity index (χ3v) is 3.12. The Morgan fingerprint density at radius 3 is 1.84 bits per heavy atom. The molecule has 0 aliphatic carbocycles.